The van der Waals surface area contributed by atoms with Gasteiger partial charge in [-0.05, 0) is 48.6 Å². The summed E-state index contributed by atoms with van der Waals surface area (Å²) in [6.45, 7) is 7.88. The molecule has 4 nitrogen and oxygen atoms in total. The lowest BCUT2D eigenvalue weighted by molar-refractivity contribution is -0.153. The second-order valence-corrected chi connectivity index (χ2v) is 9.80. The van der Waals surface area contributed by atoms with E-state index in [9.17, 15) is 9.59 Å². The SMILES string of the molecule is COC(=O)[C@H]1CCCC(C(=O)N2CC[C@@]3(C)c4ccccc4C[C@@H]2C3(C)C)C1. The normalized spacial score (nSPS) is 33.7. The third-order valence-electron chi connectivity index (χ3n) is 8.35. The van der Waals surface area contributed by atoms with E-state index in [1.807, 2.05) is 0 Å². The number of hydrogen-bond donors (Lipinski definition) is 0. The summed E-state index contributed by atoms with van der Waals surface area (Å²) in [6, 6.07) is 8.99. The number of amides is 1. The molecule has 0 N–H and O–H groups in total. The molecule has 4 heteroatoms. The molecular formula is C24H33NO3. The third-order valence-corrected chi connectivity index (χ3v) is 8.35. The Morgan fingerprint density at radius 2 is 1.82 bits per heavy atom. The standard InChI is InChI=1S/C24H33NO3/c1-23(2)20-15-16-8-5-6-11-19(16)24(23,3)12-13-25(20)21(26)17-9-7-10-18(14-17)22(27)28-4/h5-6,8,11,17-18,20H,7,9-10,12-15H2,1-4H3/t17?,18-,20+,24-/m0/s1. The van der Waals surface area contributed by atoms with E-state index in [1.54, 1.807) is 0 Å². The zero-order valence-electron chi connectivity index (χ0n) is 17.7. The maximum absolute atomic E-state index is 13.6. The third kappa shape index (κ3) is 2.79. The first-order valence-corrected chi connectivity index (χ1v) is 10.8. The molecular weight excluding hydrogens is 350 g/mol. The number of nitrogens with zero attached hydrogens (tertiary/aromatic N) is 1. The van der Waals surface area contributed by atoms with Crippen LogP contribution in [0.15, 0.2) is 24.3 Å². The second kappa shape index (κ2) is 6.89. The maximum atomic E-state index is 13.6. The molecule has 0 radical (unpaired) electrons. The number of carbonyl (C=O) groups excluding carboxylic acids is 2. The molecule has 4 rings (SSSR count). The molecule has 1 saturated heterocycles. The predicted octanol–water partition coefficient (Wildman–Crippen LogP) is 4.11. The number of rotatable bonds is 2. The van der Waals surface area contributed by atoms with Crippen molar-refractivity contribution in [2.24, 2.45) is 17.3 Å². The van der Waals surface area contributed by atoms with Crippen molar-refractivity contribution in [3.8, 4) is 0 Å². The lowest BCUT2D eigenvalue weighted by Crippen LogP contribution is -2.65. The summed E-state index contributed by atoms with van der Waals surface area (Å²) < 4.78 is 4.95. The van der Waals surface area contributed by atoms with Crippen molar-refractivity contribution in [2.75, 3.05) is 13.7 Å². The van der Waals surface area contributed by atoms with Crippen molar-refractivity contribution in [3.05, 3.63) is 35.4 Å². The number of esters is 1. The van der Waals surface area contributed by atoms with Crippen LogP contribution in [0.5, 0.6) is 0 Å². The van der Waals surface area contributed by atoms with Crippen LogP contribution in [-0.4, -0.2) is 36.5 Å². The first-order chi connectivity index (χ1) is 13.3. The molecule has 1 aromatic carbocycles. The summed E-state index contributed by atoms with van der Waals surface area (Å²) in [7, 11) is 1.45. The number of likely N-dealkylation sites (tertiary alicyclic amines) is 1. The highest BCUT2D eigenvalue weighted by molar-refractivity contribution is 5.81. The van der Waals surface area contributed by atoms with Gasteiger partial charge >= 0.3 is 5.97 Å². The van der Waals surface area contributed by atoms with Crippen LogP contribution in [0.4, 0.5) is 0 Å². The fourth-order valence-electron chi connectivity index (χ4n) is 6.16. The quantitative estimate of drug-likeness (QED) is 0.722. The van der Waals surface area contributed by atoms with Crippen molar-refractivity contribution < 1.29 is 14.3 Å². The van der Waals surface area contributed by atoms with E-state index in [4.69, 9.17) is 4.74 Å². The molecule has 2 fully saturated rings. The lowest BCUT2D eigenvalue weighted by Gasteiger charge is -2.61. The first-order valence-electron chi connectivity index (χ1n) is 10.8. The zero-order chi connectivity index (χ0) is 20.1. The summed E-state index contributed by atoms with van der Waals surface area (Å²) in [5.41, 5.74) is 2.96. The molecule has 1 amide bonds. The Balaban J connectivity index is 1.61. The van der Waals surface area contributed by atoms with Gasteiger partial charge in [0.1, 0.15) is 0 Å². The van der Waals surface area contributed by atoms with Gasteiger partial charge in [-0.25, -0.2) is 0 Å². The minimum atomic E-state index is -0.157. The Bertz CT molecular complexity index is 786. The van der Waals surface area contributed by atoms with Crippen molar-refractivity contribution in [3.63, 3.8) is 0 Å². The summed E-state index contributed by atoms with van der Waals surface area (Å²) in [5, 5.41) is 0. The minimum absolute atomic E-state index is 0.0195. The number of fused-ring (bicyclic) bond motifs is 4. The monoisotopic (exact) mass is 383 g/mol. The van der Waals surface area contributed by atoms with E-state index < -0.39 is 0 Å². The maximum Gasteiger partial charge on any atom is 0.308 e. The Morgan fingerprint density at radius 3 is 2.57 bits per heavy atom. The van der Waals surface area contributed by atoms with E-state index in [0.29, 0.717) is 6.42 Å². The first kappa shape index (κ1) is 19.5. The second-order valence-electron chi connectivity index (χ2n) is 9.80. The van der Waals surface area contributed by atoms with Crippen molar-refractivity contribution in [2.45, 2.75) is 70.8 Å². The molecule has 4 atom stereocenters. The molecule has 28 heavy (non-hydrogen) atoms. The molecule has 0 spiro atoms. The van der Waals surface area contributed by atoms with E-state index in [1.165, 1.54) is 18.2 Å². The van der Waals surface area contributed by atoms with Crippen LogP contribution >= 0.6 is 0 Å². The van der Waals surface area contributed by atoms with Crippen LogP contribution in [0.25, 0.3) is 0 Å². The smallest absolute Gasteiger partial charge is 0.308 e. The lowest BCUT2D eigenvalue weighted by atomic mass is 9.51. The molecule has 1 saturated carbocycles. The number of piperidine rings is 1. The topological polar surface area (TPSA) is 46.6 Å². The molecule has 2 bridgehead atoms. The van der Waals surface area contributed by atoms with Crippen molar-refractivity contribution in [1.82, 2.24) is 4.90 Å². The molecule has 1 aliphatic heterocycles. The van der Waals surface area contributed by atoms with Gasteiger partial charge in [-0.3, -0.25) is 9.59 Å². The largest absolute Gasteiger partial charge is 0.469 e. The molecule has 1 unspecified atom stereocenters. The molecule has 152 valence electrons. The van der Waals surface area contributed by atoms with Gasteiger partial charge in [0, 0.05) is 23.9 Å². The number of methoxy groups -OCH3 is 1. The van der Waals surface area contributed by atoms with Gasteiger partial charge in [-0.2, -0.15) is 0 Å². The number of carbonyl (C=O) groups is 2. The fourth-order valence-corrected chi connectivity index (χ4v) is 6.16. The average molecular weight is 384 g/mol. The average Bonchev–Trinajstić information content (AvgIpc) is 2.70. The van der Waals surface area contributed by atoms with Crippen LogP contribution < -0.4 is 0 Å². The van der Waals surface area contributed by atoms with Gasteiger partial charge < -0.3 is 9.64 Å². The highest BCUT2D eigenvalue weighted by atomic mass is 16.5. The fraction of sp³-hybridized carbons (Fsp3) is 0.667. The zero-order valence-corrected chi connectivity index (χ0v) is 17.7. The Labute approximate surface area is 168 Å². The number of hydrogen-bond acceptors (Lipinski definition) is 3. The molecule has 0 aromatic heterocycles. The number of benzene rings is 1. The predicted molar refractivity (Wildman–Crippen MR) is 109 cm³/mol. The van der Waals surface area contributed by atoms with Crippen LogP contribution in [0.2, 0.25) is 0 Å². The minimum Gasteiger partial charge on any atom is -0.469 e. The molecule has 2 aliphatic carbocycles. The van der Waals surface area contributed by atoms with Crippen molar-refractivity contribution >= 4 is 11.9 Å². The summed E-state index contributed by atoms with van der Waals surface area (Å²) in [4.78, 5) is 27.8. The number of ether oxygens (including phenoxy) is 1. The van der Waals surface area contributed by atoms with Crippen LogP contribution in [0.1, 0.15) is 64.0 Å². The Kier molecular flexibility index (Phi) is 4.79. The van der Waals surface area contributed by atoms with Gasteiger partial charge in [0.15, 0.2) is 0 Å². The summed E-state index contributed by atoms with van der Waals surface area (Å²) in [5.74, 6) is -0.0678. The Morgan fingerprint density at radius 1 is 1.11 bits per heavy atom. The van der Waals surface area contributed by atoms with E-state index in [0.717, 1.165) is 38.6 Å². The van der Waals surface area contributed by atoms with Gasteiger partial charge in [0.2, 0.25) is 5.91 Å². The van der Waals surface area contributed by atoms with Crippen LogP contribution in [0.3, 0.4) is 0 Å². The van der Waals surface area contributed by atoms with Gasteiger partial charge in [-0.1, -0.05) is 51.5 Å². The highest BCUT2D eigenvalue weighted by Crippen LogP contribution is 2.56. The molecule has 3 aliphatic rings. The van der Waals surface area contributed by atoms with E-state index in [2.05, 4.69) is 49.9 Å². The van der Waals surface area contributed by atoms with E-state index >= 15 is 0 Å². The molecule has 1 aromatic rings. The van der Waals surface area contributed by atoms with Gasteiger partial charge in [-0.15, -0.1) is 0 Å². The summed E-state index contributed by atoms with van der Waals surface area (Å²) in [6.07, 6.45) is 5.23. The van der Waals surface area contributed by atoms with E-state index in [-0.39, 0.29) is 40.6 Å². The van der Waals surface area contributed by atoms with Crippen LogP contribution in [-0.2, 0) is 26.2 Å². The molecule has 1 heterocycles. The summed E-state index contributed by atoms with van der Waals surface area (Å²) >= 11 is 0. The Hall–Kier alpha value is -1.84. The highest BCUT2D eigenvalue weighted by Gasteiger charge is 2.57. The van der Waals surface area contributed by atoms with Crippen molar-refractivity contribution in [1.29, 1.82) is 0 Å². The van der Waals surface area contributed by atoms with Gasteiger partial charge in [0.25, 0.3) is 0 Å². The van der Waals surface area contributed by atoms with Gasteiger partial charge in [0.05, 0.1) is 13.0 Å². The van der Waals surface area contributed by atoms with Crippen LogP contribution in [0, 0.1) is 17.3 Å².